The van der Waals surface area contributed by atoms with Crippen molar-refractivity contribution in [3.05, 3.63) is 88.4 Å². The number of carbonyl (C=O) groups excluding carboxylic acids is 1. The topological polar surface area (TPSA) is 125 Å². The summed E-state index contributed by atoms with van der Waals surface area (Å²) in [6, 6.07) is 16.0. The SMILES string of the molecule is COc1ccc(-c2nc(NCc3ccco3)n(C(=O)c3cccc([N+](=O)[O-])c3)n2)cc1. The number of hydrogen-bond acceptors (Lipinski definition) is 8. The van der Waals surface area contributed by atoms with Crippen molar-refractivity contribution in [2.24, 2.45) is 0 Å². The standard InChI is InChI=1S/C21H17N5O5/c1-30-17-9-7-14(8-10-17)19-23-21(22-13-18-6-3-11-31-18)25(24-19)20(27)15-4-2-5-16(12-15)26(28)29/h2-12H,13H2,1H3,(H,22,23,24). The molecule has 2 aromatic carbocycles. The Hall–Kier alpha value is -4.47. The molecule has 1 N–H and O–H groups in total. The Bertz CT molecular complexity index is 1220. The highest BCUT2D eigenvalue weighted by Gasteiger charge is 2.20. The Morgan fingerprint density at radius 2 is 2.00 bits per heavy atom. The predicted molar refractivity (Wildman–Crippen MR) is 111 cm³/mol. The fourth-order valence-corrected chi connectivity index (χ4v) is 2.88. The molecule has 10 heteroatoms. The number of non-ortho nitro benzene ring substituents is 1. The van der Waals surface area contributed by atoms with E-state index >= 15 is 0 Å². The molecular formula is C21H17N5O5. The molecule has 0 amide bonds. The average Bonchev–Trinajstić information content (AvgIpc) is 3.47. The number of nitrogens with one attached hydrogen (secondary N) is 1. The molecule has 0 aliphatic heterocycles. The molecule has 4 rings (SSSR count). The lowest BCUT2D eigenvalue weighted by molar-refractivity contribution is -0.384. The Labute approximate surface area is 176 Å². The van der Waals surface area contributed by atoms with Crippen LogP contribution in [0.4, 0.5) is 11.6 Å². The van der Waals surface area contributed by atoms with Crippen LogP contribution < -0.4 is 10.1 Å². The number of aromatic nitrogens is 3. The summed E-state index contributed by atoms with van der Waals surface area (Å²) in [5.74, 6) is 1.25. The van der Waals surface area contributed by atoms with Gasteiger partial charge in [-0.25, -0.2) is 0 Å². The van der Waals surface area contributed by atoms with Gasteiger partial charge in [0.1, 0.15) is 11.5 Å². The second kappa shape index (κ2) is 8.49. The smallest absolute Gasteiger partial charge is 0.281 e. The van der Waals surface area contributed by atoms with Crippen LogP contribution in [0.5, 0.6) is 5.75 Å². The molecule has 0 spiro atoms. The van der Waals surface area contributed by atoms with Crippen LogP contribution in [-0.4, -0.2) is 32.7 Å². The van der Waals surface area contributed by atoms with E-state index in [9.17, 15) is 14.9 Å². The lowest BCUT2D eigenvalue weighted by Crippen LogP contribution is -2.17. The van der Waals surface area contributed by atoms with Crippen LogP contribution >= 0.6 is 0 Å². The van der Waals surface area contributed by atoms with E-state index in [0.717, 1.165) is 4.68 Å². The molecule has 156 valence electrons. The number of benzene rings is 2. The van der Waals surface area contributed by atoms with Crippen molar-refractivity contribution in [2.75, 3.05) is 12.4 Å². The second-order valence-electron chi connectivity index (χ2n) is 6.44. The van der Waals surface area contributed by atoms with Crippen LogP contribution in [0.2, 0.25) is 0 Å². The van der Waals surface area contributed by atoms with E-state index in [-0.39, 0.29) is 23.7 Å². The van der Waals surface area contributed by atoms with Crippen molar-refractivity contribution in [3.8, 4) is 17.1 Å². The largest absolute Gasteiger partial charge is 0.497 e. The van der Waals surface area contributed by atoms with Gasteiger partial charge in [0.2, 0.25) is 5.95 Å². The zero-order valence-electron chi connectivity index (χ0n) is 16.4. The quantitative estimate of drug-likeness (QED) is 0.355. The third kappa shape index (κ3) is 4.27. The Morgan fingerprint density at radius 1 is 1.19 bits per heavy atom. The number of hydrogen-bond donors (Lipinski definition) is 1. The first-order chi connectivity index (χ1) is 15.0. The second-order valence-corrected chi connectivity index (χ2v) is 6.44. The number of methoxy groups -OCH3 is 1. The summed E-state index contributed by atoms with van der Waals surface area (Å²) in [4.78, 5) is 28.1. The molecule has 0 aliphatic rings. The maximum atomic E-state index is 13.1. The monoisotopic (exact) mass is 419 g/mol. The van der Waals surface area contributed by atoms with Crippen molar-refractivity contribution in [3.63, 3.8) is 0 Å². The zero-order chi connectivity index (χ0) is 21.8. The summed E-state index contributed by atoms with van der Waals surface area (Å²) in [5.41, 5.74) is 0.598. The van der Waals surface area contributed by atoms with Crippen molar-refractivity contribution in [2.45, 2.75) is 6.54 Å². The molecule has 0 bridgehead atoms. The molecule has 0 radical (unpaired) electrons. The normalized spacial score (nSPS) is 10.6. The minimum Gasteiger partial charge on any atom is -0.497 e. The predicted octanol–water partition coefficient (Wildman–Crippen LogP) is 3.76. The first kappa shape index (κ1) is 19.8. The van der Waals surface area contributed by atoms with Gasteiger partial charge in [-0.05, 0) is 42.5 Å². The van der Waals surface area contributed by atoms with Gasteiger partial charge in [0.05, 0.1) is 24.8 Å². The van der Waals surface area contributed by atoms with Crippen molar-refractivity contribution in [1.29, 1.82) is 0 Å². The highest BCUT2D eigenvalue weighted by atomic mass is 16.6. The van der Waals surface area contributed by atoms with Crippen LogP contribution in [0.3, 0.4) is 0 Å². The minimum atomic E-state index is -0.559. The molecule has 2 heterocycles. The first-order valence-electron chi connectivity index (χ1n) is 9.22. The van der Waals surface area contributed by atoms with Gasteiger partial charge < -0.3 is 14.5 Å². The number of nitrogens with zero attached hydrogens (tertiary/aromatic N) is 4. The highest BCUT2D eigenvalue weighted by Crippen LogP contribution is 2.23. The Balaban J connectivity index is 1.71. The lowest BCUT2D eigenvalue weighted by atomic mass is 10.2. The average molecular weight is 419 g/mol. The third-order valence-electron chi connectivity index (χ3n) is 4.45. The van der Waals surface area contributed by atoms with E-state index in [2.05, 4.69) is 15.4 Å². The van der Waals surface area contributed by atoms with Crippen LogP contribution in [0.1, 0.15) is 16.1 Å². The van der Waals surface area contributed by atoms with Crippen molar-refractivity contribution in [1.82, 2.24) is 14.8 Å². The number of furan rings is 1. The van der Waals surface area contributed by atoms with Gasteiger partial charge >= 0.3 is 0 Å². The first-order valence-corrected chi connectivity index (χ1v) is 9.22. The van der Waals surface area contributed by atoms with Crippen molar-refractivity contribution < 1.29 is 18.9 Å². The maximum absolute atomic E-state index is 13.1. The number of anilines is 1. The summed E-state index contributed by atoms with van der Waals surface area (Å²) >= 11 is 0. The summed E-state index contributed by atoms with van der Waals surface area (Å²) in [6.07, 6.45) is 1.54. The van der Waals surface area contributed by atoms with Gasteiger partial charge in [-0.1, -0.05) is 6.07 Å². The van der Waals surface area contributed by atoms with Gasteiger partial charge in [-0.15, -0.1) is 5.10 Å². The number of nitro benzene ring substituents is 1. The molecular weight excluding hydrogens is 402 g/mol. The zero-order valence-corrected chi connectivity index (χ0v) is 16.4. The molecule has 0 saturated carbocycles. The molecule has 31 heavy (non-hydrogen) atoms. The number of ether oxygens (including phenoxy) is 1. The Kier molecular flexibility index (Phi) is 5.43. The van der Waals surface area contributed by atoms with Gasteiger partial charge in [0, 0.05) is 23.3 Å². The third-order valence-corrected chi connectivity index (χ3v) is 4.45. The van der Waals surface area contributed by atoms with E-state index in [1.54, 1.807) is 49.8 Å². The molecule has 0 atom stereocenters. The van der Waals surface area contributed by atoms with Crippen molar-refractivity contribution >= 4 is 17.5 Å². The number of nitro groups is 1. The minimum absolute atomic E-state index is 0.112. The molecule has 0 aliphatic carbocycles. The van der Waals surface area contributed by atoms with E-state index in [1.807, 2.05) is 0 Å². The molecule has 10 nitrogen and oxygen atoms in total. The summed E-state index contributed by atoms with van der Waals surface area (Å²) in [5, 5.41) is 18.5. The van der Waals surface area contributed by atoms with Crippen LogP contribution in [-0.2, 0) is 6.54 Å². The van der Waals surface area contributed by atoms with Crippen LogP contribution in [0.15, 0.2) is 71.3 Å². The van der Waals surface area contributed by atoms with E-state index in [4.69, 9.17) is 9.15 Å². The molecule has 0 fully saturated rings. The molecule has 0 unspecified atom stereocenters. The van der Waals surface area contributed by atoms with Crippen LogP contribution in [0, 0.1) is 10.1 Å². The lowest BCUT2D eigenvalue weighted by Gasteiger charge is -2.06. The fourth-order valence-electron chi connectivity index (χ4n) is 2.88. The fraction of sp³-hybridized carbons (Fsp3) is 0.0952. The van der Waals surface area contributed by atoms with Gasteiger partial charge in [0.25, 0.3) is 11.6 Å². The van der Waals surface area contributed by atoms with E-state index < -0.39 is 10.8 Å². The van der Waals surface area contributed by atoms with Gasteiger partial charge in [0.15, 0.2) is 5.82 Å². The summed E-state index contributed by atoms with van der Waals surface area (Å²) < 4.78 is 11.6. The highest BCUT2D eigenvalue weighted by molar-refractivity contribution is 5.97. The van der Waals surface area contributed by atoms with E-state index in [1.165, 1.54) is 24.3 Å². The number of carbonyl (C=O) groups is 1. The molecule has 4 aromatic rings. The molecule has 0 saturated heterocycles. The summed E-state index contributed by atoms with van der Waals surface area (Å²) in [7, 11) is 1.57. The van der Waals surface area contributed by atoms with Gasteiger partial charge in [-0.3, -0.25) is 14.9 Å². The number of rotatable bonds is 7. The van der Waals surface area contributed by atoms with Gasteiger partial charge in [-0.2, -0.15) is 9.67 Å². The summed E-state index contributed by atoms with van der Waals surface area (Å²) in [6.45, 7) is 0.274. The molecule has 2 aromatic heterocycles. The Morgan fingerprint density at radius 3 is 2.68 bits per heavy atom. The van der Waals surface area contributed by atoms with Crippen LogP contribution in [0.25, 0.3) is 11.4 Å². The maximum Gasteiger partial charge on any atom is 0.281 e. The van der Waals surface area contributed by atoms with E-state index in [0.29, 0.717) is 22.9 Å².